The molecule has 0 fully saturated rings. The fourth-order valence-corrected chi connectivity index (χ4v) is 2.63. The summed E-state index contributed by atoms with van der Waals surface area (Å²) < 4.78 is 13.2. The Morgan fingerprint density at radius 1 is 1.19 bits per heavy atom. The Labute approximate surface area is 167 Å². The molecule has 0 saturated heterocycles. The molecule has 3 N–H and O–H groups in total. The maximum absolute atomic E-state index is 13.2. The Bertz CT molecular complexity index is 727. The van der Waals surface area contributed by atoms with E-state index < -0.39 is 29.6 Å². The third-order valence-electron chi connectivity index (χ3n) is 4.04. The van der Waals surface area contributed by atoms with E-state index in [2.05, 4.69) is 15.6 Å². The molecule has 1 heterocycles. The average molecular weight is 414 g/mol. The molecule has 0 aliphatic heterocycles. The van der Waals surface area contributed by atoms with Crippen molar-refractivity contribution in [3.8, 4) is 11.1 Å². The van der Waals surface area contributed by atoms with Crippen LogP contribution in [0.5, 0.6) is 0 Å². The number of rotatable bonds is 9. The lowest BCUT2D eigenvalue weighted by Gasteiger charge is -2.22. The molecule has 0 bridgehead atoms. The number of aliphatic hydroxyl groups excluding tert-OH is 1. The van der Waals surface area contributed by atoms with Crippen molar-refractivity contribution in [2.45, 2.75) is 30.5 Å². The van der Waals surface area contributed by atoms with E-state index in [9.17, 15) is 14.3 Å². The number of carbonyl (C=O) groups excluding carboxylic acids is 1. The van der Waals surface area contributed by atoms with Gasteiger partial charge in [0.2, 0.25) is 0 Å². The lowest BCUT2D eigenvalue weighted by atomic mass is 9.99. The van der Waals surface area contributed by atoms with E-state index >= 15 is 0 Å². The second-order valence-electron chi connectivity index (χ2n) is 5.96. The van der Waals surface area contributed by atoms with Crippen molar-refractivity contribution in [3.63, 3.8) is 0 Å². The summed E-state index contributed by atoms with van der Waals surface area (Å²) in [5.74, 6) is -0.750. The highest BCUT2D eigenvalue weighted by molar-refractivity contribution is 6.53. The monoisotopic (exact) mass is 413 g/mol. The molecule has 8 heteroatoms. The van der Waals surface area contributed by atoms with Crippen LogP contribution in [-0.4, -0.2) is 40.1 Å². The SMILES string of the molecule is CCNCc1ccc(-c2ccc([C@H](O)[C@@H](CF)NC(=O)C(Cl)Cl)cc2)cn1. The summed E-state index contributed by atoms with van der Waals surface area (Å²) in [6.07, 6.45) is 0.560. The highest BCUT2D eigenvalue weighted by Crippen LogP contribution is 2.24. The molecule has 2 rings (SSSR count). The topological polar surface area (TPSA) is 74.2 Å². The first-order chi connectivity index (χ1) is 13.0. The van der Waals surface area contributed by atoms with Gasteiger partial charge in [0.25, 0.3) is 5.91 Å². The quantitative estimate of drug-likeness (QED) is 0.552. The highest BCUT2D eigenvalue weighted by Gasteiger charge is 2.25. The molecule has 146 valence electrons. The number of hydrogen-bond acceptors (Lipinski definition) is 4. The summed E-state index contributed by atoms with van der Waals surface area (Å²) in [5, 5.41) is 15.8. The molecule has 0 aliphatic rings. The molecule has 2 atom stereocenters. The third kappa shape index (κ3) is 6.14. The number of nitrogens with one attached hydrogen (secondary N) is 2. The first kappa shape index (κ1) is 21.6. The zero-order valence-electron chi connectivity index (χ0n) is 14.8. The number of nitrogens with zero attached hydrogens (tertiary/aromatic N) is 1. The predicted octanol–water partition coefficient (Wildman–Crippen LogP) is 3.15. The molecule has 0 radical (unpaired) electrons. The largest absolute Gasteiger partial charge is 0.386 e. The first-order valence-electron chi connectivity index (χ1n) is 8.54. The summed E-state index contributed by atoms with van der Waals surface area (Å²) in [7, 11) is 0. The van der Waals surface area contributed by atoms with Crippen LogP contribution in [0.25, 0.3) is 11.1 Å². The number of halogens is 3. The lowest BCUT2D eigenvalue weighted by Crippen LogP contribution is -2.43. The van der Waals surface area contributed by atoms with Crippen LogP contribution in [0, 0.1) is 0 Å². The smallest absolute Gasteiger partial charge is 0.253 e. The number of benzene rings is 1. The summed E-state index contributed by atoms with van der Waals surface area (Å²) in [5.41, 5.74) is 3.26. The van der Waals surface area contributed by atoms with Gasteiger partial charge in [-0.3, -0.25) is 9.78 Å². The summed E-state index contributed by atoms with van der Waals surface area (Å²) in [6, 6.07) is 9.77. The molecule has 1 aromatic heterocycles. The van der Waals surface area contributed by atoms with E-state index in [0.29, 0.717) is 12.1 Å². The second kappa shape index (κ2) is 10.6. The summed E-state index contributed by atoms with van der Waals surface area (Å²) in [6.45, 7) is 2.67. The Hall–Kier alpha value is -1.73. The molecule has 0 unspecified atom stereocenters. The molecule has 2 aromatic rings. The van der Waals surface area contributed by atoms with Gasteiger partial charge in [0.1, 0.15) is 12.8 Å². The van der Waals surface area contributed by atoms with E-state index in [1.54, 1.807) is 18.3 Å². The Morgan fingerprint density at radius 2 is 1.85 bits per heavy atom. The Kier molecular flexibility index (Phi) is 8.44. The van der Waals surface area contributed by atoms with Gasteiger partial charge < -0.3 is 15.7 Å². The molecule has 5 nitrogen and oxygen atoms in total. The first-order valence-corrected chi connectivity index (χ1v) is 9.42. The van der Waals surface area contributed by atoms with Gasteiger partial charge in [0, 0.05) is 18.3 Å². The minimum absolute atomic E-state index is 0.471. The van der Waals surface area contributed by atoms with Crippen LogP contribution in [0.15, 0.2) is 42.6 Å². The van der Waals surface area contributed by atoms with E-state index in [1.807, 2.05) is 31.2 Å². The molecule has 0 aliphatic carbocycles. The fourth-order valence-electron chi connectivity index (χ4n) is 2.51. The molecular formula is C19H22Cl2FN3O2. The number of amides is 1. The van der Waals surface area contributed by atoms with E-state index in [0.717, 1.165) is 23.4 Å². The zero-order chi connectivity index (χ0) is 19.8. The molecule has 1 amide bonds. The second-order valence-corrected chi connectivity index (χ2v) is 7.05. The highest BCUT2D eigenvalue weighted by atomic mass is 35.5. The maximum atomic E-state index is 13.2. The maximum Gasteiger partial charge on any atom is 0.253 e. The Morgan fingerprint density at radius 3 is 2.37 bits per heavy atom. The summed E-state index contributed by atoms with van der Waals surface area (Å²) >= 11 is 10.9. The van der Waals surface area contributed by atoms with Gasteiger partial charge in [-0.15, -0.1) is 0 Å². The van der Waals surface area contributed by atoms with Gasteiger partial charge in [0.15, 0.2) is 4.84 Å². The van der Waals surface area contributed by atoms with Gasteiger partial charge in [0.05, 0.1) is 11.7 Å². The number of aromatic nitrogens is 1. The standard InChI is InChI=1S/C19H22Cl2FN3O2/c1-2-23-11-15-8-7-14(10-24-15)12-3-5-13(6-4-12)17(26)16(9-22)25-19(27)18(20)21/h3-8,10,16-18,23,26H,2,9,11H2,1H3,(H,25,27)/t16-,17+/m1/s1. The van der Waals surface area contributed by atoms with Crippen LogP contribution in [0.3, 0.4) is 0 Å². The Balaban J connectivity index is 2.08. The molecule has 27 heavy (non-hydrogen) atoms. The number of pyridine rings is 1. The van der Waals surface area contributed by atoms with Crippen LogP contribution in [0.4, 0.5) is 4.39 Å². The molecule has 0 saturated carbocycles. The van der Waals surface area contributed by atoms with Gasteiger partial charge in [-0.05, 0) is 23.7 Å². The summed E-state index contributed by atoms with van der Waals surface area (Å²) in [4.78, 5) is 14.6. The van der Waals surface area contributed by atoms with Gasteiger partial charge in [-0.25, -0.2) is 4.39 Å². The van der Waals surface area contributed by atoms with Crippen LogP contribution >= 0.6 is 23.2 Å². The molecule has 0 spiro atoms. The fraction of sp³-hybridized carbons (Fsp3) is 0.368. The predicted molar refractivity (Wildman–Crippen MR) is 105 cm³/mol. The van der Waals surface area contributed by atoms with Crippen LogP contribution in [0.1, 0.15) is 24.3 Å². The zero-order valence-corrected chi connectivity index (χ0v) is 16.3. The van der Waals surface area contributed by atoms with Crippen molar-refractivity contribution in [1.82, 2.24) is 15.6 Å². The third-order valence-corrected chi connectivity index (χ3v) is 4.44. The van der Waals surface area contributed by atoms with Crippen molar-refractivity contribution >= 4 is 29.1 Å². The number of hydrogen-bond donors (Lipinski definition) is 3. The van der Waals surface area contributed by atoms with E-state index in [-0.39, 0.29) is 0 Å². The van der Waals surface area contributed by atoms with Crippen LogP contribution < -0.4 is 10.6 Å². The minimum atomic E-state index is -1.32. The van der Waals surface area contributed by atoms with Gasteiger partial charge in [-0.1, -0.05) is 60.5 Å². The van der Waals surface area contributed by atoms with Crippen molar-refractivity contribution in [2.75, 3.05) is 13.2 Å². The normalized spacial score (nSPS) is 13.4. The van der Waals surface area contributed by atoms with Crippen molar-refractivity contribution in [3.05, 3.63) is 53.9 Å². The van der Waals surface area contributed by atoms with Gasteiger partial charge in [-0.2, -0.15) is 0 Å². The number of alkyl halides is 3. The number of aliphatic hydroxyl groups is 1. The van der Waals surface area contributed by atoms with E-state index in [1.165, 1.54) is 0 Å². The molecule has 1 aromatic carbocycles. The van der Waals surface area contributed by atoms with Gasteiger partial charge >= 0.3 is 0 Å². The van der Waals surface area contributed by atoms with Crippen molar-refractivity contribution in [1.29, 1.82) is 0 Å². The van der Waals surface area contributed by atoms with Crippen LogP contribution in [-0.2, 0) is 11.3 Å². The van der Waals surface area contributed by atoms with E-state index in [4.69, 9.17) is 23.2 Å². The average Bonchev–Trinajstić information content (AvgIpc) is 2.70. The van der Waals surface area contributed by atoms with Crippen molar-refractivity contribution < 1.29 is 14.3 Å². The minimum Gasteiger partial charge on any atom is -0.386 e. The van der Waals surface area contributed by atoms with Crippen LogP contribution in [0.2, 0.25) is 0 Å². The molecular weight excluding hydrogens is 392 g/mol. The number of carbonyl (C=O) groups is 1. The lowest BCUT2D eigenvalue weighted by molar-refractivity contribution is -0.121. The van der Waals surface area contributed by atoms with Crippen molar-refractivity contribution in [2.24, 2.45) is 0 Å².